The molecule has 0 aliphatic rings. The second-order valence-corrected chi connectivity index (χ2v) is 4.96. The maximum atomic E-state index is 4.49. The molecule has 2 rings (SSSR count). The van der Waals surface area contributed by atoms with Crippen molar-refractivity contribution in [2.75, 3.05) is 11.9 Å². The third kappa shape index (κ3) is 3.89. The summed E-state index contributed by atoms with van der Waals surface area (Å²) in [6, 6.07) is 3.81. The number of aryl methyl sites for hydroxylation is 2. The summed E-state index contributed by atoms with van der Waals surface area (Å²) < 4.78 is 0. The van der Waals surface area contributed by atoms with Crippen molar-refractivity contribution < 1.29 is 0 Å². The van der Waals surface area contributed by atoms with Gasteiger partial charge >= 0.3 is 0 Å². The van der Waals surface area contributed by atoms with E-state index >= 15 is 0 Å². The van der Waals surface area contributed by atoms with Crippen LogP contribution in [0.2, 0.25) is 0 Å². The molecule has 6 heteroatoms. The molecule has 0 aliphatic heterocycles. The van der Waals surface area contributed by atoms with Crippen LogP contribution in [0.15, 0.2) is 28.5 Å². The maximum absolute atomic E-state index is 4.49. The van der Waals surface area contributed by atoms with Crippen molar-refractivity contribution in [2.24, 2.45) is 0 Å². The number of nitrogens with zero attached hydrogens (tertiary/aromatic N) is 4. The van der Waals surface area contributed by atoms with E-state index in [4.69, 9.17) is 0 Å². The van der Waals surface area contributed by atoms with Gasteiger partial charge < -0.3 is 5.32 Å². The molecule has 5 nitrogen and oxygen atoms in total. The fraction of sp³-hybridized carbons (Fsp3) is 0.385. The number of hydrogen-bond acceptors (Lipinski definition) is 6. The fourth-order valence-corrected chi connectivity index (χ4v) is 2.34. The highest BCUT2D eigenvalue weighted by Gasteiger charge is 2.07. The Kier molecular flexibility index (Phi) is 4.68. The second kappa shape index (κ2) is 6.47. The van der Waals surface area contributed by atoms with E-state index in [0.29, 0.717) is 5.16 Å². The maximum Gasteiger partial charge on any atom is 0.194 e. The van der Waals surface area contributed by atoms with Crippen molar-refractivity contribution in [3.05, 3.63) is 29.8 Å². The van der Waals surface area contributed by atoms with Crippen LogP contribution in [-0.4, -0.2) is 26.5 Å². The minimum absolute atomic E-state index is 0.711. The Morgan fingerprint density at radius 2 is 2.05 bits per heavy atom. The van der Waals surface area contributed by atoms with Gasteiger partial charge in [0.25, 0.3) is 0 Å². The zero-order valence-corrected chi connectivity index (χ0v) is 12.2. The van der Waals surface area contributed by atoms with Crippen LogP contribution in [0.25, 0.3) is 0 Å². The summed E-state index contributed by atoms with van der Waals surface area (Å²) in [5, 5.41) is 4.79. The summed E-state index contributed by atoms with van der Waals surface area (Å²) in [5.74, 6) is 1.68. The quantitative estimate of drug-likeness (QED) is 0.668. The Hall–Kier alpha value is -1.69. The standard InChI is InChI=1S/C13H17N5S/c1-4-10-17-11(14-5-2)8-12(18-10)19-13-15-7-6-9(3)16-13/h6-8H,4-5H2,1-3H3,(H,14,17,18). The largest absolute Gasteiger partial charge is 0.370 e. The molecule has 0 aliphatic carbocycles. The minimum atomic E-state index is 0.711. The summed E-state index contributed by atoms with van der Waals surface area (Å²) in [4.78, 5) is 17.5. The Morgan fingerprint density at radius 3 is 2.74 bits per heavy atom. The van der Waals surface area contributed by atoms with Crippen LogP contribution in [0.5, 0.6) is 0 Å². The average Bonchev–Trinajstić information content (AvgIpc) is 2.39. The average molecular weight is 275 g/mol. The molecule has 0 unspecified atom stereocenters. The van der Waals surface area contributed by atoms with E-state index in [0.717, 1.165) is 35.3 Å². The predicted octanol–water partition coefficient (Wildman–Crippen LogP) is 2.72. The molecular formula is C13H17N5S. The Morgan fingerprint density at radius 1 is 1.21 bits per heavy atom. The lowest BCUT2D eigenvalue weighted by atomic mass is 10.4. The third-order valence-corrected chi connectivity index (χ3v) is 3.19. The van der Waals surface area contributed by atoms with Crippen LogP contribution in [-0.2, 0) is 6.42 Å². The molecule has 0 amide bonds. The zero-order valence-electron chi connectivity index (χ0n) is 11.3. The molecule has 2 aromatic rings. The van der Waals surface area contributed by atoms with Crippen LogP contribution in [0.1, 0.15) is 25.4 Å². The first-order valence-electron chi connectivity index (χ1n) is 6.30. The molecule has 0 saturated carbocycles. The van der Waals surface area contributed by atoms with Crippen molar-refractivity contribution in [1.82, 2.24) is 19.9 Å². The highest BCUT2D eigenvalue weighted by atomic mass is 32.2. The van der Waals surface area contributed by atoms with Crippen LogP contribution in [0.3, 0.4) is 0 Å². The van der Waals surface area contributed by atoms with Gasteiger partial charge in [-0.25, -0.2) is 19.9 Å². The van der Waals surface area contributed by atoms with Gasteiger partial charge in [-0.3, -0.25) is 0 Å². The van der Waals surface area contributed by atoms with Crippen LogP contribution in [0.4, 0.5) is 5.82 Å². The van der Waals surface area contributed by atoms with E-state index in [1.54, 1.807) is 6.20 Å². The molecule has 0 spiro atoms. The molecular weight excluding hydrogens is 258 g/mol. The first-order chi connectivity index (χ1) is 9.21. The van der Waals surface area contributed by atoms with Gasteiger partial charge in [-0.2, -0.15) is 0 Å². The van der Waals surface area contributed by atoms with E-state index in [1.165, 1.54) is 11.8 Å². The predicted molar refractivity (Wildman–Crippen MR) is 76.5 cm³/mol. The van der Waals surface area contributed by atoms with Crippen molar-refractivity contribution in [1.29, 1.82) is 0 Å². The van der Waals surface area contributed by atoms with Crippen molar-refractivity contribution in [3.8, 4) is 0 Å². The van der Waals surface area contributed by atoms with Gasteiger partial charge in [-0.15, -0.1) is 0 Å². The van der Waals surface area contributed by atoms with Gasteiger partial charge in [0.2, 0.25) is 0 Å². The van der Waals surface area contributed by atoms with E-state index in [2.05, 4.69) is 25.3 Å². The highest BCUT2D eigenvalue weighted by Crippen LogP contribution is 2.24. The van der Waals surface area contributed by atoms with Gasteiger partial charge in [0.15, 0.2) is 5.16 Å². The van der Waals surface area contributed by atoms with E-state index < -0.39 is 0 Å². The lowest BCUT2D eigenvalue weighted by Gasteiger charge is -2.07. The van der Waals surface area contributed by atoms with Gasteiger partial charge in [-0.1, -0.05) is 6.92 Å². The first-order valence-corrected chi connectivity index (χ1v) is 7.12. The number of nitrogens with one attached hydrogen (secondary N) is 1. The molecule has 0 saturated heterocycles. The Labute approximate surface area is 117 Å². The van der Waals surface area contributed by atoms with Gasteiger partial charge in [0.1, 0.15) is 16.7 Å². The molecule has 0 bridgehead atoms. The number of rotatable bonds is 5. The molecule has 1 N–H and O–H groups in total. The lowest BCUT2D eigenvalue weighted by molar-refractivity contribution is 0.878. The normalized spacial score (nSPS) is 10.5. The van der Waals surface area contributed by atoms with E-state index in [1.807, 2.05) is 32.9 Å². The molecule has 0 atom stereocenters. The first kappa shape index (κ1) is 13.7. The Bertz CT molecular complexity index is 558. The monoisotopic (exact) mass is 275 g/mol. The summed E-state index contributed by atoms with van der Waals surface area (Å²) in [6.45, 7) is 6.88. The number of aromatic nitrogens is 4. The summed E-state index contributed by atoms with van der Waals surface area (Å²) in [6.07, 6.45) is 2.57. The SMILES string of the molecule is CCNc1cc(Sc2nccc(C)n2)nc(CC)n1. The second-order valence-electron chi connectivity index (χ2n) is 3.97. The highest BCUT2D eigenvalue weighted by molar-refractivity contribution is 7.99. The van der Waals surface area contributed by atoms with Gasteiger partial charge in [-0.05, 0) is 31.7 Å². The summed E-state index contributed by atoms with van der Waals surface area (Å²) >= 11 is 1.46. The zero-order chi connectivity index (χ0) is 13.7. The molecule has 0 radical (unpaired) electrons. The molecule has 0 aromatic carbocycles. The fourth-order valence-electron chi connectivity index (χ4n) is 1.52. The molecule has 2 heterocycles. The Balaban J connectivity index is 2.26. The number of hydrogen-bond donors (Lipinski definition) is 1. The van der Waals surface area contributed by atoms with Gasteiger partial charge in [0, 0.05) is 30.9 Å². The van der Waals surface area contributed by atoms with Crippen LogP contribution >= 0.6 is 11.8 Å². The minimum Gasteiger partial charge on any atom is -0.370 e. The number of anilines is 1. The lowest BCUT2D eigenvalue weighted by Crippen LogP contribution is -2.04. The van der Waals surface area contributed by atoms with Crippen molar-refractivity contribution >= 4 is 17.6 Å². The van der Waals surface area contributed by atoms with E-state index in [-0.39, 0.29) is 0 Å². The molecule has 19 heavy (non-hydrogen) atoms. The van der Waals surface area contributed by atoms with E-state index in [9.17, 15) is 0 Å². The van der Waals surface area contributed by atoms with Crippen molar-refractivity contribution in [2.45, 2.75) is 37.4 Å². The molecule has 100 valence electrons. The van der Waals surface area contributed by atoms with Crippen molar-refractivity contribution in [3.63, 3.8) is 0 Å². The molecule has 2 aromatic heterocycles. The third-order valence-electron chi connectivity index (χ3n) is 2.39. The smallest absolute Gasteiger partial charge is 0.194 e. The summed E-state index contributed by atoms with van der Waals surface area (Å²) in [5.41, 5.74) is 0.953. The van der Waals surface area contributed by atoms with Crippen LogP contribution < -0.4 is 5.32 Å². The topological polar surface area (TPSA) is 63.6 Å². The van der Waals surface area contributed by atoms with Crippen LogP contribution in [0, 0.1) is 6.92 Å². The van der Waals surface area contributed by atoms with Gasteiger partial charge in [0.05, 0.1) is 0 Å². The molecule has 0 fully saturated rings. The summed E-state index contributed by atoms with van der Waals surface area (Å²) in [7, 11) is 0.